The molecule has 3 aromatic rings. The molecule has 0 radical (unpaired) electrons. The highest BCUT2D eigenvalue weighted by Gasteiger charge is 2.24. The molecule has 0 amide bonds. The van der Waals surface area contributed by atoms with E-state index in [0.717, 1.165) is 6.07 Å². The van der Waals surface area contributed by atoms with Crippen LogP contribution in [0.15, 0.2) is 47.4 Å². The largest absolute Gasteiger partial charge is 0.296 e. The zero-order chi connectivity index (χ0) is 18.2. The third-order valence-electron chi connectivity index (χ3n) is 3.42. The Morgan fingerprint density at radius 1 is 1.20 bits per heavy atom. The molecule has 0 aliphatic rings. The maximum absolute atomic E-state index is 12.3. The zero-order valence-corrected chi connectivity index (χ0v) is 14.3. The molecule has 0 fully saturated rings. The summed E-state index contributed by atoms with van der Waals surface area (Å²) < 4.78 is 28.2. The Balaban J connectivity index is 2.18. The third-order valence-corrected chi connectivity index (χ3v) is 5.08. The molecule has 1 N–H and O–H groups in total. The van der Waals surface area contributed by atoms with Gasteiger partial charge < -0.3 is 0 Å². The number of nitro groups is 1. The van der Waals surface area contributed by atoms with Gasteiger partial charge in [0.1, 0.15) is 11.2 Å². The van der Waals surface area contributed by atoms with Crippen LogP contribution in [0.4, 0.5) is 5.69 Å². The number of aromatic nitrogens is 3. The van der Waals surface area contributed by atoms with Crippen molar-refractivity contribution in [2.75, 3.05) is 0 Å². The van der Waals surface area contributed by atoms with Crippen molar-refractivity contribution in [1.82, 2.24) is 19.7 Å². The molecular formula is C15H15N5O4S. The monoisotopic (exact) mass is 361 g/mol. The summed E-state index contributed by atoms with van der Waals surface area (Å²) in [6.45, 7) is 3.34. The predicted molar refractivity (Wildman–Crippen MR) is 91.0 cm³/mol. The van der Waals surface area contributed by atoms with Gasteiger partial charge >= 0.3 is 0 Å². The van der Waals surface area contributed by atoms with E-state index < -0.39 is 14.9 Å². The van der Waals surface area contributed by atoms with Gasteiger partial charge in [0.2, 0.25) is 10.0 Å². The van der Waals surface area contributed by atoms with Crippen LogP contribution in [0.5, 0.6) is 0 Å². The molecular weight excluding hydrogens is 346 g/mol. The third kappa shape index (κ3) is 3.21. The molecule has 0 aliphatic heterocycles. The van der Waals surface area contributed by atoms with Crippen molar-refractivity contribution in [2.45, 2.75) is 24.8 Å². The van der Waals surface area contributed by atoms with Crippen LogP contribution in [0.2, 0.25) is 0 Å². The number of nitrogens with one attached hydrogen (secondary N) is 1. The summed E-state index contributed by atoms with van der Waals surface area (Å²) in [7, 11) is -3.84. The lowest BCUT2D eigenvalue weighted by Gasteiger charge is -2.10. The van der Waals surface area contributed by atoms with Gasteiger partial charge in [-0.3, -0.25) is 10.1 Å². The minimum Gasteiger partial charge on any atom is -0.258 e. The number of nitro benzene ring substituents is 1. The van der Waals surface area contributed by atoms with E-state index in [1.54, 1.807) is 38.1 Å². The Morgan fingerprint density at radius 2 is 1.92 bits per heavy atom. The fourth-order valence-electron chi connectivity index (χ4n) is 2.42. The van der Waals surface area contributed by atoms with Crippen LogP contribution in [0.25, 0.3) is 16.7 Å². The average Bonchev–Trinajstić information content (AvgIpc) is 2.97. The number of hydrogen-bond donors (Lipinski definition) is 1. The summed E-state index contributed by atoms with van der Waals surface area (Å²) in [5.41, 5.74) is 0.931. The number of fused-ring (bicyclic) bond motifs is 1. The maximum Gasteiger partial charge on any atom is 0.296 e. The topological polar surface area (TPSA) is 120 Å². The van der Waals surface area contributed by atoms with Crippen LogP contribution in [-0.4, -0.2) is 34.4 Å². The zero-order valence-electron chi connectivity index (χ0n) is 13.4. The number of nitrogens with zero attached hydrogens (tertiary/aromatic N) is 4. The van der Waals surface area contributed by atoms with Gasteiger partial charge in [-0.2, -0.15) is 0 Å². The van der Waals surface area contributed by atoms with E-state index in [1.807, 2.05) is 0 Å². The Bertz CT molecular complexity index is 1060. The Labute approximate surface area is 143 Å². The first kappa shape index (κ1) is 17.0. The quantitative estimate of drug-likeness (QED) is 0.548. The molecule has 2 aromatic carbocycles. The molecule has 0 saturated carbocycles. The van der Waals surface area contributed by atoms with E-state index in [0.29, 0.717) is 11.0 Å². The molecule has 0 atom stereocenters. The second-order valence-corrected chi connectivity index (χ2v) is 7.39. The Kier molecular flexibility index (Phi) is 4.23. The van der Waals surface area contributed by atoms with Gasteiger partial charge in [-0.15, -0.1) is 5.10 Å². The van der Waals surface area contributed by atoms with Crippen LogP contribution in [-0.2, 0) is 10.0 Å². The summed E-state index contributed by atoms with van der Waals surface area (Å²) in [6, 6.07) is 10.4. The van der Waals surface area contributed by atoms with Gasteiger partial charge in [0.25, 0.3) is 5.69 Å². The molecule has 0 bridgehead atoms. The number of para-hydroxylation sites is 1. The van der Waals surface area contributed by atoms with Crippen LogP contribution in [0, 0.1) is 10.1 Å². The summed E-state index contributed by atoms with van der Waals surface area (Å²) >= 11 is 0. The Hall–Kier alpha value is -2.85. The van der Waals surface area contributed by atoms with E-state index in [-0.39, 0.29) is 22.3 Å². The van der Waals surface area contributed by atoms with Gasteiger partial charge in [-0.25, -0.2) is 17.8 Å². The SMILES string of the molecule is CC(C)NS(=O)(=O)c1ccc(-n2nnc3ccccc32)c([N+](=O)[O-])c1. The Morgan fingerprint density at radius 3 is 2.60 bits per heavy atom. The number of hydrogen-bond acceptors (Lipinski definition) is 6. The molecule has 0 aliphatic carbocycles. The van der Waals surface area contributed by atoms with Crippen molar-refractivity contribution in [3.05, 3.63) is 52.6 Å². The molecule has 0 spiro atoms. The lowest BCUT2D eigenvalue weighted by atomic mass is 10.2. The van der Waals surface area contributed by atoms with Gasteiger partial charge in [-0.1, -0.05) is 17.3 Å². The summed E-state index contributed by atoms with van der Waals surface area (Å²) in [4.78, 5) is 10.7. The maximum atomic E-state index is 12.3. The minimum atomic E-state index is -3.84. The lowest BCUT2D eigenvalue weighted by molar-refractivity contribution is -0.384. The minimum absolute atomic E-state index is 0.141. The number of rotatable bonds is 5. The fraction of sp³-hybridized carbons (Fsp3) is 0.200. The molecule has 25 heavy (non-hydrogen) atoms. The first-order valence-electron chi connectivity index (χ1n) is 7.41. The van der Waals surface area contributed by atoms with Crippen LogP contribution in [0.3, 0.4) is 0 Å². The van der Waals surface area contributed by atoms with Crippen LogP contribution >= 0.6 is 0 Å². The highest BCUT2D eigenvalue weighted by atomic mass is 32.2. The molecule has 1 aromatic heterocycles. The van der Waals surface area contributed by atoms with Crippen LogP contribution in [0.1, 0.15) is 13.8 Å². The first-order chi connectivity index (χ1) is 11.8. The van der Waals surface area contributed by atoms with E-state index in [1.165, 1.54) is 16.8 Å². The fourth-order valence-corrected chi connectivity index (χ4v) is 3.69. The smallest absolute Gasteiger partial charge is 0.258 e. The number of sulfonamides is 1. The second-order valence-electron chi connectivity index (χ2n) is 5.67. The lowest BCUT2D eigenvalue weighted by Crippen LogP contribution is -2.30. The van der Waals surface area contributed by atoms with Gasteiger partial charge in [0, 0.05) is 12.1 Å². The van der Waals surface area contributed by atoms with Crippen molar-refractivity contribution >= 4 is 26.7 Å². The van der Waals surface area contributed by atoms with Crippen molar-refractivity contribution in [3.8, 4) is 5.69 Å². The molecule has 0 unspecified atom stereocenters. The molecule has 10 heteroatoms. The van der Waals surface area contributed by atoms with Crippen molar-refractivity contribution < 1.29 is 13.3 Å². The first-order valence-corrected chi connectivity index (χ1v) is 8.89. The van der Waals surface area contributed by atoms with Gasteiger partial charge in [0.15, 0.2) is 0 Å². The van der Waals surface area contributed by atoms with E-state index in [4.69, 9.17) is 0 Å². The average molecular weight is 361 g/mol. The van der Waals surface area contributed by atoms with Crippen molar-refractivity contribution in [3.63, 3.8) is 0 Å². The highest BCUT2D eigenvalue weighted by Crippen LogP contribution is 2.28. The standard InChI is InChI=1S/C15H15N5O4S/c1-10(2)17-25(23,24)11-7-8-14(15(9-11)20(21)22)19-13-6-4-3-5-12(13)16-18-19/h3-10,17H,1-2H3. The summed E-state index contributed by atoms with van der Waals surface area (Å²) in [5.74, 6) is 0. The second kappa shape index (κ2) is 6.22. The van der Waals surface area contributed by atoms with Crippen LogP contribution < -0.4 is 4.72 Å². The number of benzene rings is 2. The normalized spacial score (nSPS) is 12.0. The van der Waals surface area contributed by atoms with Crippen molar-refractivity contribution in [1.29, 1.82) is 0 Å². The van der Waals surface area contributed by atoms with E-state index in [2.05, 4.69) is 15.0 Å². The summed E-state index contributed by atoms with van der Waals surface area (Å²) in [5, 5.41) is 19.4. The molecule has 3 rings (SSSR count). The molecule has 0 saturated heterocycles. The molecule has 1 heterocycles. The highest BCUT2D eigenvalue weighted by molar-refractivity contribution is 7.89. The van der Waals surface area contributed by atoms with Crippen molar-refractivity contribution in [2.24, 2.45) is 0 Å². The predicted octanol–water partition coefficient (Wildman–Crippen LogP) is 2.02. The van der Waals surface area contributed by atoms with E-state index in [9.17, 15) is 18.5 Å². The van der Waals surface area contributed by atoms with E-state index >= 15 is 0 Å². The molecule has 130 valence electrons. The van der Waals surface area contributed by atoms with Gasteiger partial charge in [0.05, 0.1) is 15.3 Å². The summed E-state index contributed by atoms with van der Waals surface area (Å²) in [6.07, 6.45) is 0. The van der Waals surface area contributed by atoms with Gasteiger partial charge in [-0.05, 0) is 38.1 Å². The molecule has 9 nitrogen and oxygen atoms in total.